The summed E-state index contributed by atoms with van der Waals surface area (Å²) in [6, 6.07) is 8.38. The molecule has 37 heavy (non-hydrogen) atoms. The van der Waals surface area contributed by atoms with Gasteiger partial charge in [0.25, 0.3) is 5.91 Å². The van der Waals surface area contributed by atoms with E-state index in [-0.39, 0.29) is 36.0 Å². The maximum Gasteiger partial charge on any atom is 0.416 e. The third-order valence-corrected chi connectivity index (χ3v) is 7.45. The third kappa shape index (κ3) is 6.07. The molecule has 0 saturated heterocycles. The minimum absolute atomic E-state index is 0.0668. The van der Waals surface area contributed by atoms with Crippen LogP contribution in [-0.2, 0) is 12.6 Å². The van der Waals surface area contributed by atoms with Gasteiger partial charge in [-0.3, -0.25) is 9.59 Å². The van der Waals surface area contributed by atoms with Gasteiger partial charge in [0.2, 0.25) is 0 Å². The maximum atomic E-state index is 12.9. The van der Waals surface area contributed by atoms with Crippen LogP contribution in [-0.4, -0.2) is 32.7 Å². The lowest BCUT2D eigenvalue weighted by Crippen LogP contribution is -2.41. The maximum absolute atomic E-state index is 12.9. The van der Waals surface area contributed by atoms with Gasteiger partial charge in [-0.2, -0.15) is 13.2 Å². The van der Waals surface area contributed by atoms with Crippen LogP contribution in [0.2, 0.25) is 0 Å². The summed E-state index contributed by atoms with van der Waals surface area (Å²) in [5.74, 6) is -0.419. The number of fused-ring (bicyclic) bond motifs is 1. The van der Waals surface area contributed by atoms with Gasteiger partial charge < -0.3 is 10.3 Å². The molecule has 0 aliphatic carbocycles. The molecule has 0 spiro atoms. The quantitative estimate of drug-likeness (QED) is 0.262. The summed E-state index contributed by atoms with van der Waals surface area (Å²) in [4.78, 5) is 38.8. The summed E-state index contributed by atoms with van der Waals surface area (Å²) in [7, 11) is 0. The Morgan fingerprint density at radius 1 is 1.14 bits per heavy atom. The van der Waals surface area contributed by atoms with Gasteiger partial charge in [-0.25, -0.2) is 9.97 Å². The number of carbonyl (C=O) groups excluding carboxylic acids is 2. The average molecular weight is 529 g/mol. The zero-order valence-corrected chi connectivity index (χ0v) is 21.7. The van der Waals surface area contributed by atoms with Gasteiger partial charge in [0.15, 0.2) is 11.4 Å². The van der Waals surface area contributed by atoms with E-state index in [1.807, 2.05) is 27.7 Å². The molecule has 3 heterocycles. The Labute approximate surface area is 216 Å². The molecule has 194 valence electrons. The summed E-state index contributed by atoms with van der Waals surface area (Å²) >= 11 is 1.23. The number of rotatable bonds is 7. The first-order chi connectivity index (χ1) is 17.3. The monoisotopic (exact) mass is 528 g/mol. The van der Waals surface area contributed by atoms with Gasteiger partial charge in [-0.1, -0.05) is 39.0 Å². The first-order valence-corrected chi connectivity index (χ1v) is 12.6. The molecule has 4 rings (SSSR count). The van der Waals surface area contributed by atoms with E-state index in [0.29, 0.717) is 37.7 Å². The number of amides is 1. The lowest BCUT2D eigenvalue weighted by atomic mass is 9.88. The van der Waals surface area contributed by atoms with E-state index in [4.69, 9.17) is 0 Å². The van der Waals surface area contributed by atoms with Gasteiger partial charge in [0.1, 0.15) is 5.52 Å². The lowest BCUT2D eigenvalue weighted by Gasteiger charge is -2.27. The van der Waals surface area contributed by atoms with Gasteiger partial charge in [0.05, 0.1) is 32.8 Å². The van der Waals surface area contributed by atoms with Crippen LogP contribution in [0.5, 0.6) is 0 Å². The van der Waals surface area contributed by atoms with Gasteiger partial charge >= 0.3 is 6.18 Å². The molecule has 0 aliphatic heterocycles. The van der Waals surface area contributed by atoms with Crippen LogP contribution in [0.15, 0.2) is 48.8 Å². The van der Waals surface area contributed by atoms with E-state index in [1.54, 1.807) is 30.6 Å². The van der Waals surface area contributed by atoms with Crippen LogP contribution in [0.3, 0.4) is 0 Å². The smallest absolute Gasteiger partial charge is 0.349 e. The van der Waals surface area contributed by atoms with Crippen molar-refractivity contribution in [2.45, 2.75) is 52.8 Å². The number of carbonyl (C=O) groups is 2. The summed E-state index contributed by atoms with van der Waals surface area (Å²) in [5, 5.41) is 3.00. The van der Waals surface area contributed by atoms with Crippen molar-refractivity contribution in [3.63, 3.8) is 0 Å². The van der Waals surface area contributed by atoms with Crippen LogP contribution in [0.1, 0.15) is 65.3 Å². The van der Waals surface area contributed by atoms with Crippen molar-refractivity contribution in [2.75, 3.05) is 0 Å². The number of thiophene rings is 1. The highest BCUT2D eigenvalue weighted by Crippen LogP contribution is 2.31. The van der Waals surface area contributed by atoms with Crippen molar-refractivity contribution in [1.82, 2.24) is 20.3 Å². The normalized spacial score (nSPS) is 13.1. The molecule has 1 aromatic carbocycles. The SMILES string of the molecule is C[C@H](NC(=O)c1c[nH]c2ncc(-c3ccc(C(=O)CCc4cccc(C(F)(F)F)c4)s3)nc12)C(C)(C)C. The lowest BCUT2D eigenvalue weighted by molar-refractivity contribution is -0.137. The zero-order valence-electron chi connectivity index (χ0n) is 20.9. The molecule has 1 atom stereocenters. The second kappa shape index (κ2) is 10.1. The minimum atomic E-state index is -4.42. The number of aryl methyl sites for hydroxylation is 1. The molecule has 2 N–H and O–H groups in total. The Kier molecular flexibility index (Phi) is 7.23. The molecule has 3 aromatic heterocycles. The van der Waals surface area contributed by atoms with Crippen molar-refractivity contribution in [2.24, 2.45) is 5.41 Å². The molecule has 4 aromatic rings. The fourth-order valence-electron chi connectivity index (χ4n) is 3.58. The second-order valence-corrected chi connectivity index (χ2v) is 11.1. The topological polar surface area (TPSA) is 87.7 Å². The number of alkyl halides is 3. The van der Waals surface area contributed by atoms with E-state index in [0.717, 1.165) is 12.1 Å². The van der Waals surface area contributed by atoms with Crippen molar-refractivity contribution < 1.29 is 22.8 Å². The van der Waals surface area contributed by atoms with Gasteiger partial charge in [-0.05, 0) is 42.5 Å². The van der Waals surface area contributed by atoms with Gasteiger partial charge in [0, 0.05) is 18.7 Å². The van der Waals surface area contributed by atoms with Crippen molar-refractivity contribution in [3.8, 4) is 10.6 Å². The van der Waals surface area contributed by atoms with Gasteiger partial charge in [-0.15, -0.1) is 11.3 Å². The number of ketones is 1. The van der Waals surface area contributed by atoms with E-state index < -0.39 is 11.7 Å². The first kappa shape index (κ1) is 26.5. The third-order valence-electron chi connectivity index (χ3n) is 6.30. The Morgan fingerprint density at radius 2 is 1.89 bits per heavy atom. The molecule has 0 unspecified atom stereocenters. The van der Waals surface area contributed by atoms with E-state index in [9.17, 15) is 22.8 Å². The van der Waals surface area contributed by atoms with Crippen LogP contribution >= 0.6 is 11.3 Å². The molecule has 0 saturated carbocycles. The number of halogens is 3. The minimum Gasteiger partial charge on any atom is -0.349 e. The first-order valence-electron chi connectivity index (χ1n) is 11.8. The fourth-order valence-corrected chi connectivity index (χ4v) is 4.51. The number of hydrogen-bond donors (Lipinski definition) is 2. The van der Waals surface area contributed by atoms with E-state index in [1.165, 1.54) is 17.4 Å². The summed E-state index contributed by atoms with van der Waals surface area (Å²) < 4.78 is 38.8. The predicted molar refractivity (Wildman–Crippen MR) is 138 cm³/mol. The Morgan fingerprint density at radius 3 is 2.59 bits per heavy atom. The van der Waals surface area contributed by atoms with Crippen molar-refractivity contribution in [3.05, 3.63) is 70.4 Å². The van der Waals surface area contributed by atoms with Crippen molar-refractivity contribution in [1.29, 1.82) is 0 Å². The zero-order chi connectivity index (χ0) is 27.0. The number of nitrogens with one attached hydrogen (secondary N) is 2. The fraction of sp³-hybridized carbons (Fsp3) is 0.333. The predicted octanol–water partition coefficient (Wildman–Crippen LogP) is 6.69. The Balaban J connectivity index is 1.49. The Bertz CT molecular complexity index is 1450. The molecule has 0 fully saturated rings. The number of aromatic amines is 1. The average Bonchev–Trinajstić information content (AvgIpc) is 3.49. The molecule has 0 radical (unpaired) electrons. The highest BCUT2D eigenvalue weighted by Gasteiger charge is 2.30. The standard InChI is InChI=1S/C27H27F3N4O2S/c1-15(26(2,3)4)33-25(36)18-13-31-24-23(18)34-19(14-32-24)21-10-11-22(37-21)20(35)9-8-16-6-5-7-17(12-16)27(28,29)30/h5-7,10-15H,8-9H2,1-4H3,(H,31,32)(H,33,36)/t15-/m0/s1. The molecule has 1 amide bonds. The number of hydrogen-bond acceptors (Lipinski definition) is 5. The largest absolute Gasteiger partial charge is 0.416 e. The molecule has 10 heteroatoms. The molecular formula is C27H27F3N4O2S. The number of aromatic nitrogens is 3. The summed E-state index contributed by atoms with van der Waals surface area (Å²) in [5.41, 5.74) is 1.43. The highest BCUT2D eigenvalue weighted by atomic mass is 32.1. The summed E-state index contributed by atoms with van der Waals surface area (Å²) in [6.07, 6.45) is -0.983. The highest BCUT2D eigenvalue weighted by molar-refractivity contribution is 7.17. The van der Waals surface area contributed by atoms with E-state index in [2.05, 4.69) is 20.3 Å². The van der Waals surface area contributed by atoms with Crippen LogP contribution in [0, 0.1) is 5.41 Å². The van der Waals surface area contributed by atoms with E-state index >= 15 is 0 Å². The Hall–Kier alpha value is -3.53. The second-order valence-electron chi connectivity index (χ2n) is 10.0. The summed E-state index contributed by atoms with van der Waals surface area (Å²) in [6.45, 7) is 8.07. The molecule has 0 aliphatic rings. The number of nitrogens with zero attached hydrogens (tertiary/aromatic N) is 2. The van der Waals surface area contributed by atoms with Crippen LogP contribution in [0.4, 0.5) is 13.2 Å². The van der Waals surface area contributed by atoms with Crippen LogP contribution < -0.4 is 5.32 Å². The molecule has 6 nitrogen and oxygen atoms in total. The van der Waals surface area contributed by atoms with Crippen molar-refractivity contribution >= 4 is 34.2 Å². The number of Topliss-reactive ketones (excluding diaryl/α,β-unsaturated/α-hetero) is 1. The molecule has 0 bridgehead atoms. The molecular weight excluding hydrogens is 501 g/mol. The number of benzene rings is 1. The number of H-pyrrole nitrogens is 1. The van der Waals surface area contributed by atoms with Crippen LogP contribution in [0.25, 0.3) is 21.7 Å².